The fourth-order valence-electron chi connectivity index (χ4n) is 2.09. The zero-order valence-electron chi connectivity index (χ0n) is 14.7. The molecule has 2 rings (SSSR count). The van der Waals surface area contributed by atoms with Gasteiger partial charge in [0.15, 0.2) is 6.61 Å². The second kappa shape index (κ2) is 9.36. The Morgan fingerprint density at radius 3 is 2.17 bits per heavy atom. The molecule has 2 amide bonds. The molecule has 0 heterocycles. The molecular formula is C19H14F3N3O4. The van der Waals surface area contributed by atoms with Gasteiger partial charge in [-0.15, -0.1) is 0 Å². The van der Waals surface area contributed by atoms with Crippen LogP contribution in [-0.2, 0) is 20.5 Å². The van der Waals surface area contributed by atoms with E-state index in [1.54, 1.807) is 0 Å². The van der Waals surface area contributed by atoms with Crippen molar-refractivity contribution in [2.24, 2.45) is 0 Å². The summed E-state index contributed by atoms with van der Waals surface area (Å²) >= 11 is 0. The van der Waals surface area contributed by atoms with E-state index in [4.69, 9.17) is 10.00 Å². The first-order chi connectivity index (χ1) is 13.7. The number of ether oxygens (including phenoxy) is 1. The van der Waals surface area contributed by atoms with Gasteiger partial charge in [0.25, 0.3) is 11.8 Å². The molecule has 2 N–H and O–H groups in total. The maximum absolute atomic E-state index is 12.5. The molecule has 0 unspecified atom stereocenters. The number of anilines is 1. The third kappa shape index (κ3) is 6.66. The van der Waals surface area contributed by atoms with E-state index in [0.717, 1.165) is 24.3 Å². The van der Waals surface area contributed by atoms with Crippen molar-refractivity contribution in [3.8, 4) is 6.07 Å². The van der Waals surface area contributed by atoms with Crippen LogP contribution in [0.5, 0.6) is 0 Å². The smallest absolute Gasteiger partial charge is 0.416 e. The van der Waals surface area contributed by atoms with Crippen molar-refractivity contribution in [1.82, 2.24) is 5.32 Å². The Morgan fingerprint density at radius 2 is 1.62 bits per heavy atom. The average Bonchev–Trinajstić information content (AvgIpc) is 2.70. The molecule has 0 atom stereocenters. The van der Waals surface area contributed by atoms with E-state index in [0.29, 0.717) is 11.3 Å². The first kappa shape index (κ1) is 21.4. The summed E-state index contributed by atoms with van der Waals surface area (Å²) in [7, 11) is 0. The number of carbonyl (C=O) groups is 3. The van der Waals surface area contributed by atoms with Crippen LogP contribution in [0.1, 0.15) is 21.5 Å². The van der Waals surface area contributed by atoms with E-state index in [-0.39, 0.29) is 5.56 Å². The SMILES string of the molecule is N#Cc1ccc(NC(=O)COC(=O)CNC(=O)c2ccc(C(F)(F)F)cc2)cc1. The molecule has 10 heteroatoms. The predicted octanol–water partition coefficient (Wildman–Crippen LogP) is 2.49. The fraction of sp³-hybridized carbons (Fsp3) is 0.158. The highest BCUT2D eigenvalue weighted by Gasteiger charge is 2.30. The van der Waals surface area contributed by atoms with Gasteiger partial charge >= 0.3 is 12.1 Å². The number of halogens is 3. The zero-order chi connectivity index (χ0) is 21.4. The lowest BCUT2D eigenvalue weighted by Crippen LogP contribution is -2.32. The Balaban J connectivity index is 1.75. The van der Waals surface area contributed by atoms with Gasteiger partial charge in [0.1, 0.15) is 6.54 Å². The van der Waals surface area contributed by atoms with Crippen LogP contribution in [0.4, 0.5) is 18.9 Å². The average molecular weight is 405 g/mol. The second-order valence-electron chi connectivity index (χ2n) is 5.66. The van der Waals surface area contributed by atoms with Crippen molar-refractivity contribution >= 4 is 23.5 Å². The molecule has 7 nitrogen and oxygen atoms in total. The number of nitriles is 1. The molecule has 0 saturated heterocycles. The summed E-state index contributed by atoms with van der Waals surface area (Å²) in [6.07, 6.45) is -4.52. The summed E-state index contributed by atoms with van der Waals surface area (Å²) < 4.78 is 42.2. The van der Waals surface area contributed by atoms with Gasteiger partial charge in [-0.05, 0) is 48.5 Å². The highest BCUT2D eigenvalue weighted by atomic mass is 19.4. The van der Waals surface area contributed by atoms with Crippen LogP contribution in [0.25, 0.3) is 0 Å². The number of alkyl halides is 3. The minimum absolute atomic E-state index is 0.0654. The first-order valence-electron chi connectivity index (χ1n) is 8.10. The molecule has 0 spiro atoms. The third-order valence-corrected chi connectivity index (χ3v) is 3.53. The van der Waals surface area contributed by atoms with Crippen LogP contribution in [0.2, 0.25) is 0 Å². The van der Waals surface area contributed by atoms with Crippen molar-refractivity contribution in [2.75, 3.05) is 18.5 Å². The topological polar surface area (TPSA) is 108 Å². The van der Waals surface area contributed by atoms with Crippen molar-refractivity contribution in [3.63, 3.8) is 0 Å². The number of amides is 2. The molecule has 2 aromatic rings. The van der Waals surface area contributed by atoms with Gasteiger partial charge in [-0.25, -0.2) is 0 Å². The molecular weight excluding hydrogens is 391 g/mol. The van der Waals surface area contributed by atoms with Gasteiger partial charge in [-0.2, -0.15) is 18.4 Å². The molecule has 0 aliphatic heterocycles. The van der Waals surface area contributed by atoms with Gasteiger partial charge in [0, 0.05) is 11.3 Å². The highest BCUT2D eigenvalue weighted by molar-refractivity contribution is 5.96. The number of nitrogens with zero attached hydrogens (tertiary/aromatic N) is 1. The Morgan fingerprint density at radius 1 is 1.00 bits per heavy atom. The number of hydrogen-bond donors (Lipinski definition) is 2. The van der Waals surface area contributed by atoms with Gasteiger partial charge in [0.2, 0.25) is 0 Å². The Kier molecular flexibility index (Phi) is 6.92. The van der Waals surface area contributed by atoms with Gasteiger partial charge in [-0.3, -0.25) is 14.4 Å². The molecule has 29 heavy (non-hydrogen) atoms. The summed E-state index contributed by atoms with van der Waals surface area (Å²) in [5.41, 5.74) is -0.148. The maximum atomic E-state index is 12.5. The number of esters is 1. The lowest BCUT2D eigenvalue weighted by atomic mass is 10.1. The zero-order valence-corrected chi connectivity index (χ0v) is 14.7. The molecule has 0 fully saturated rings. The Labute approximate surface area is 163 Å². The minimum Gasteiger partial charge on any atom is -0.454 e. The number of rotatable bonds is 6. The minimum atomic E-state index is -4.52. The van der Waals surface area contributed by atoms with E-state index in [2.05, 4.69) is 10.6 Å². The standard InChI is InChI=1S/C19H14F3N3O4/c20-19(21,22)14-5-3-13(4-6-14)18(28)24-10-17(27)29-11-16(26)25-15-7-1-12(9-23)2-8-15/h1-8H,10-11H2,(H,24,28)(H,25,26). The summed E-state index contributed by atoms with van der Waals surface area (Å²) in [4.78, 5) is 35.2. The Hall–Kier alpha value is -3.87. The van der Waals surface area contributed by atoms with Crippen molar-refractivity contribution in [3.05, 3.63) is 65.2 Å². The number of benzene rings is 2. The second-order valence-corrected chi connectivity index (χ2v) is 5.66. The van der Waals surface area contributed by atoms with Gasteiger partial charge in [0.05, 0.1) is 17.2 Å². The largest absolute Gasteiger partial charge is 0.454 e. The van der Waals surface area contributed by atoms with E-state index in [1.807, 2.05) is 6.07 Å². The lowest BCUT2D eigenvalue weighted by molar-refractivity contribution is -0.146. The van der Waals surface area contributed by atoms with Crippen molar-refractivity contribution < 1.29 is 32.3 Å². The number of hydrogen-bond acceptors (Lipinski definition) is 5. The summed E-state index contributed by atoms with van der Waals surface area (Å²) in [6, 6.07) is 11.4. The van der Waals surface area contributed by atoms with Crippen LogP contribution in [0.15, 0.2) is 48.5 Å². The molecule has 0 radical (unpaired) electrons. The van der Waals surface area contributed by atoms with Gasteiger partial charge in [-0.1, -0.05) is 0 Å². The van der Waals surface area contributed by atoms with Gasteiger partial charge < -0.3 is 15.4 Å². The van der Waals surface area contributed by atoms with E-state index < -0.39 is 42.7 Å². The predicted molar refractivity (Wildman–Crippen MR) is 94.5 cm³/mol. The number of nitrogens with one attached hydrogen (secondary N) is 2. The molecule has 0 saturated carbocycles. The van der Waals surface area contributed by atoms with Crippen LogP contribution in [-0.4, -0.2) is 30.9 Å². The first-order valence-corrected chi connectivity index (χ1v) is 8.10. The Bertz CT molecular complexity index is 933. The molecule has 0 aliphatic rings. The van der Waals surface area contributed by atoms with Crippen LogP contribution >= 0.6 is 0 Å². The summed E-state index contributed by atoms with van der Waals surface area (Å²) in [5.74, 6) is -2.30. The maximum Gasteiger partial charge on any atom is 0.416 e. The van der Waals surface area contributed by atoms with Crippen LogP contribution in [0, 0.1) is 11.3 Å². The fourth-order valence-corrected chi connectivity index (χ4v) is 2.09. The highest BCUT2D eigenvalue weighted by Crippen LogP contribution is 2.29. The number of carbonyl (C=O) groups excluding carboxylic acids is 3. The van der Waals surface area contributed by atoms with Crippen molar-refractivity contribution in [2.45, 2.75) is 6.18 Å². The monoisotopic (exact) mass is 405 g/mol. The normalized spacial score (nSPS) is 10.6. The third-order valence-electron chi connectivity index (χ3n) is 3.53. The molecule has 0 aromatic heterocycles. The van der Waals surface area contributed by atoms with Crippen LogP contribution in [0.3, 0.4) is 0 Å². The molecule has 150 valence electrons. The van der Waals surface area contributed by atoms with E-state index in [1.165, 1.54) is 24.3 Å². The molecule has 0 aliphatic carbocycles. The van der Waals surface area contributed by atoms with Crippen LogP contribution < -0.4 is 10.6 Å². The quantitative estimate of drug-likeness (QED) is 0.718. The van der Waals surface area contributed by atoms with E-state index >= 15 is 0 Å². The molecule has 2 aromatic carbocycles. The summed E-state index contributed by atoms with van der Waals surface area (Å²) in [6.45, 7) is -1.17. The van der Waals surface area contributed by atoms with Crippen molar-refractivity contribution in [1.29, 1.82) is 5.26 Å². The molecule has 0 bridgehead atoms. The van der Waals surface area contributed by atoms with E-state index in [9.17, 15) is 27.6 Å². The summed E-state index contributed by atoms with van der Waals surface area (Å²) in [5, 5.41) is 13.3. The lowest BCUT2D eigenvalue weighted by Gasteiger charge is -2.09.